The Labute approximate surface area is 96.6 Å². The third-order valence-corrected chi connectivity index (χ3v) is 2.79. The minimum atomic E-state index is 0.277. The van der Waals surface area contributed by atoms with E-state index in [2.05, 4.69) is 20.9 Å². The molecule has 1 heterocycles. The fourth-order valence-electron chi connectivity index (χ4n) is 1.08. The Bertz CT molecular complexity index is 317. The molecular weight excluding hydrogens is 262 g/mol. The molecule has 0 saturated carbocycles. The van der Waals surface area contributed by atoms with Gasteiger partial charge in [-0.3, -0.25) is 9.78 Å². The molecule has 0 spiro atoms. The summed E-state index contributed by atoms with van der Waals surface area (Å²) in [5.74, 6) is 1.18. The summed E-state index contributed by atoms with van der Waals surface area (Å²) in [6, 6.07) is 1.93. The number of halogens is 1. The van der Waals surface area contributed by atoms with Crippen LogP contribution in [0.25, 0.3) is 0 Å². The van der Waals surface area contributed by atoms with E-state index < -0.39 is 0 Å². The predicted molar refractivity (Wildman–Crippen MR) is 63.6 cm³/mol. The summed E-state index contributed by atoms with van der Waals surface area (Å²) in [6.45, 7) is 0. The van der Waals surface area contributed by atoms with Crippen LogP contribution < -0.4 is 0 Å². The molecule has 14 heavy (non-hydrogen) atoms. The predicted octanol–water partition coefficient (Wildman–Crippen LogP) is 2.71. The third kappa shape index (κ3) is 4.24. The van der Waals surface area contributed by atoms with Gasteiger partial charge in [0.1, 0.15) is 5.78 Å². The number of ketones is 1. The fraction of sp³-hybridized carbons (Fsp3) is 0.400. The number of aromatic nitrogens is 1. The van der Waals surface area contributed by atoms with Crippen LogP contribution in [-0.2, 0) is 11.2 Å². The Hall–Kier alpha value is -0.350. The maximum Gasteiger partial charge on any atom is 0.138 e. The minimum Gasteiger partial charge on any atom is -0.299 e. The van der Waals surface area contributed by atoms with E-state index in [0.29, 0.717) is 12.8 Å². The van der Waals surface area contributed by atoms with Gasteiger partial charge in [0.05, 0.1) is 0 Å². The Morgan fingerprint density at radius 1 is 1.57 bits per heavy atom. The van der Waals surface area contributed by atoms with E-state index in [0.717, 1.165) is 15.8 Å². The van der Waals surface area contributed by atoms with Crippen LogP contribution in [0.1, 0.15) is 12.0 Å². The van der Waals surface area contributed by atoms with Gasteiger partial charge in [0, 0.05) is 29.7 Å². The van der Waals surface area contributed by atoms with Crippen molar-refractivity contribution in [2.24, 2.45) is 0 Å². The summed E-state index contributed by atoms with van der Waals surface area (Å²) >= 11 is 5.02. The molecule has 0 aromatic carbocycles. The molecule has 76 valence electrons. The minimum absolute atomic E-state index is 0.277. The lowest BCUT2D eigenvalue weighted by Crippen LogP contribution is -2.04. The number of nitrogens with zero attached hydrogens (tertiary/aromatic N) is 1. The van der Waals surface area contributed by atoms with Gasteiger partial charge in [-0.05, 0) is 39.6 Å². The molecule has 2 nitrogen and oxygen atoms in total. The number of Topliss-reactive ketones (excluding diaryl/α,β-unsaturated/α-hetero) is 1. The molecule has 1 aromatic heterocycles. The van der Waals surface area contributed by atoms with Crippen LogP contribution in [0.2, 0.25) is 0 Å². The highest BCUT2D eigenvalue weighted by Gasteiger charge is 2.03. The molecule has 0 unspecified atom stereocenters. The van der Waals surface area contributed by atoms with Gasteiger partial charge in [-0.1, -0.05) is 0 Å². The smallest absolute Gasteiger partial charge is 0.138 e. The molecule has 1 aromatic rings. The zero-order valence-corrected chi connectivity index (χ0v) is 10.4. The number of hydrogen-bond donors (Lipinski definition) is 0. The SMILES string of the molecule is CSCCC(=O)Cc1cncc(Br)c1. The molecule has 0 aliphatic rings. The first-order valence-corrected chi connectivity index (χ1v) is 6.51. The number of pyridine rings is 1. The number of rotatable bonds is 5. The normalized spacial score (nSPS) is 10.1. The van der Waals surface area contributed by atoms with Crippen LogP contribution in [0.3, 0.4) is 0 Å². The topological polar surface area (TPSA) is 30.0 Å². The molecule has 0 radical (unpaired) electrons. The lowest BCUT2D eigenvalue weighted by Gasteiger charge is -2.00. The Morgan fingerprint density at radius 3 is 3.00 bits per heavy atom. The summed E-state index contributed by atoms with van der Waals surface area (Å²) in [5.41, 5.74) is 0.977. The monoisotopic (exact) mass is 273 g/mol. The molecular formula is C10H12BrNOS. The van der Waals surface area contributed by atoms with Gasteiger partial charge in [-0.15, -0.1) is 0 Å². The van der Waals surface area contributed by atoms with Crippen molar-refractivity contribution in [3.05, 3.63) is 28.5 Å². The molecule has 0 saturated heterocycles. The first-order valence-electron chi connectivity index (χ1n) is 4.32. The number of hydrogen-bond acceptors (Lipinski definition) is 3. The zero-order valence-electron chi connectivity index (χ0n) is 8.00. The average Bonchev–Trinajstić information content (AvgIpc) is 2.15. The van der Waals surface area contributed by atoms with Crippen molar-refractivity contribution in [2.75, 3.05) is 12.0 Å². The highest BCUT2D eigenvalue weighted by molar-refractivity contribution is 9.10. The molecule has 0 aliphatic heterocycles. The van der Waals surface area contributed by atoms with Gasteiger partial charge >= 0.3 is 0 Å². The van der Waals surface area contributed by atoms with E-state index in [1.165, 1.54) is 0 Å². The van der Waals surface area contributed by atoms with Crippen LogP contribution in [-0.4, -0.2) is 22.8 Å². The molecule has 4 heteroatoms. The van der Waals surface area contributed by atoms with Crippen LogP contribution in [0.15, 0.2) is 22.9 Å². The Kier molecular flexibility index (Phi) is 5.19. The molecule has 0 fully saturated rings. The van der Waals surface area contributed by atoms with Crippen LogP contribution >= 0.6 is 27.7 Å². The number of carbonyl (C=O) groups excluding carboxylic acids is 1. The summed E-state index contributed by atoms with van der Waals surface area (Å²) in [7, 11) is 0. The van der Waals surface area contributed by atoms with Crippen molar-refractivity contribution >= 4 is 33.5 Å². The van der Waals surface area contributed by atoms with Gasteiger partial charge < -0.3 is 0 Å². The van der Waals surface area contributed by atoms with Gasteiger partial charge in [0.2, 0.25) is 0 Å². The maximum atomic E-state index is 11.4. The fourth-order valence-corrected chi connectivity index (χ4v) is 1.93. The van der Waals surface area contributed by atoms with Crippen molar-refractivity contribution in [3.63, 3.8) is 0 Å². The zero-order chi connectivity index (χ0) is 10.4. The van der Waals surface area contributed by atoms with E-state index in [9.17, 15) is 4.79 Å². The molecule has 0 aliphatic carbocycles. The van der Waals surface area contributed by atoms with Crippen LogP contribution in [0, 0.1) is 0 Å². The van der Waals surface area contributed by atoms with Gasteiger partial charge in [0.15, 0.2) is 0 Å². The highest BCUT2D eigenvalue weighted by Crippen LogP contribution is 2.11. The van der Waals surface area contributed by atoms with Gasteiger partial charge in [-0.2, -0.15) is 11.8 Å². The third-order valence-electron chi connectivity index (χ3n) is 1.75. The van der Waals surface area contributed by atoms with Gasteiger partial charge in [0.25, 0.3) is 0 Å². The summed E-state index contributed by atoms with van der Waals surface area (Å²) in [5, 5.41) is 0. The van der Waals surface area contributed by atoms with Crippen molar-refractivity contribution in [3.8, 4) is 0 Å². The average molecular weight is 274 g/mol. The Balaban J connectivity index is 2.47. The first kappa shape index (κ1) is 11.7. The molecule has 0 N–H and O–H groups in total. The largest absolute Gasteiger partial charge is 0.299 e. The molecule has 0 atom stereocenters. The van der Waals surface area contributed by atoms with E-state index in [1.807, 2.05) is 12.3 Å². The lowest BCUT2D eigenvalue weighted by molar-refractivity contribution is -0.118. The van der Waals surface area contributed by atoms with Gasteiger partial charge in [-0.25, -0.2) is 0 Å². The Morgan fingerprint density at radius 2 is 2.36 bits per heavy atom. The summed E-state index contributed by atoms with van der Waals surface area (Å²) in [6.07, 6.45) is 6.60. The van der Waals surface area contributed by atoms with Crippen molar-refractivity contribution in [1.29, 1.82) is 0 Å². The van der Waals surface area contributed by atoms with Crippen LogP contribution in [0.5, 0.6) is 0 Å². The summed E-state index contributed by atoms with van der Waals surface area (Å²) < 4.78 is 0.924. The second-order valence-electron chi connectivity index (χ2n) is 2.97. The first-order chi connectivity index (χ1) is 6.72. The molecule has 1 rings (SSSR count). The van der Waals surface area contributed by atoms with E-state index in [1.54, 1.807) is 24.2 Å². The molecule has 0 bridgehead atoms. The van der Waals surface area contributed by atoms with E-state index in [-0.39, 0.29) is 5.78 Å². The van der Waals surface area contributed by atoms with Crippen molar-refractivity contribution < 1.29 is 4.79 Å². The highest BCUT2D eigenvalue weighted by atomic mass is 79.9. The molecule has 0 amide bonds. The standard InChI is InChI=1S/C10H12BrNOS/c1-14-3-2-10(13)5-8-4-9(11)7-12-6-8/h4,6-7H,2-3,5H2,1H3. The summed E-state index contributed by atoms with van der Waals surface area (Å²) in [4.78, 5) is 15.4. The second-order valence-corrected chi connectivity index (χ2v) is 4.87. The van der Waals surface area contributed by atoms with E-state index in [4.69, 9.17) is 0 Å². The lowest BCUT2D eigenvalue weighted by atomic mass is 10.1. The van der Waals surface area contributed by atoms with Crippen LogP contribution in [0.4, 0.5) is 0 Å². The number of thioether (sulfide) groups is 1. The van der Waals surface area contributed by atoms with Crippen molar-refractivity contribution in [2.45, 2.75) is 12.8 Å². The van der Waals surface area contributed by atoms with E-state index >= 15 is 0 Å². The van der Waals surface area contributed by atoms with Crippen molar-refractivity contribution in [1.82, 2.24) is 4.98 Å². The maximum absolute atomic E-state index is 11.4. The quantitative estimate of drug-likeness (QED) is 0.827. The second kappa shape index (κ2) is 6.19. The number of carbonyl (C=O) groups is 1.